The lowest BCUT2D eigenvalue weighted by molar-refractivity contribution is 0.100. The van der Waals surface area contributed by atoms with Gasteiger partial charge in [0.25, 0.3) is 0 Å². The predicted octanol–water partition coefficient (Wildman–Crippen LogP) is 2.45. The highest BCUT2D eigenvalue weighted by molar-refractivity contribution is 5.61. The lowest BCUT2D eigenvalue weighted by Crippen LogP contribution is -2.10. The maximum absolute atomic E-state index is 4.93. The Bertz CT molecular complexity index is 297. The lowest BCUT2D eigenvalue weighted by atomic mass is 10.1. The van der Waals surface area contributed by atoms with Crippen LogP contribution in [0.25, 0.3) is 0 Å². The summed E-state index contributed by atoms with van der Waals surface area (Å²) in [5.41, 5.74) is 4.87. The topological polar surface area (TPSA) is 33.6 Å². The second-order valence-corrected chi connectivity index (χ2v) is 2.79. The molecule has 76 valence electrons. The van der Waals surface area contributed by atoms with Crippen LogP contribution in [-0.4, -0.2) is 12.9 Å². The van der Waals surface area contributed by atoms with Crippen molar-refractivity contribution in [2.75, 3.05) is 6.61 Å². The number of hydrogen-bond donors (Lipinski definition) is 1. The quantitative estimate of drug-likeness (QED) is 0.336. The van der Waals surface area contributed by atoms with Crippen molar-refractivity contribution >= 4 is 12.0 Å². The molecule has 0 spiro atoms. The number of benzene rings is 1. The van der Waals surface area contributed by atoms with Crippen LogP contribution in [-0.2, 0) is 11.3 Å². The summed E-state index contributed by atoms with van der Waals surface area (Å²) in [6, 6.07) is 8.07. The van der Waals surface area contributed by atoms with Crippen LogP contribution in [0.4, 0.5) is 5.69 Å². The third-order valence-corrected chi connectivity index (χ3v) is 1.86. The highest BCUT2D eigenvalue weighted by atomic mass is 16.6. The summed E-state index contributed by atoms with van der Waals surface area (Å²) in [7, 11) is 0. The molecule has 0 aliphatic carbocycles. The first-order chi connectivity index (χ1) is 6.88. The fourth-order valence-electron chi connectivity index (χ4n) is 1.15. The van der Waals surface area contributed by atoms with Gasteiger partial charge in [-0.15, -0.1) is 0 Å². The Morgan fingerprint density at radius 3 is 2.86 bits per heavy atom. The van der Waals surface area contributed by atoms with E-state index in [1.54, 1.807) is 6.34 Å². The molecule has 0 aliphatic heterocycles. The van der Waals surface area contributed by atoms with Gasteiger partial charge in [-0.2, -0.15) is 0 Å². The average Bonchev–Trinajstić information content (AvgIpc) is 2.25. The highest BCUT2D eigenvalue weighted by Crippen LogP contribution is 2.17. The van der Waals surface area contributed by atoms with E-state index in [2.05, 4.69) is 23.5 Å². The second kappa shape index (κ2) is 6.16. The van der Waals surface area contributed by atoms with Crippen LogP contribution < -0.4 is 5.48 Å². The number of rotatable bonds is 5. The molecule has 0 radical (unpaired) electrons. The molecule has 1 rings (SSSR count). The van der Waals surface area contributed by atoms with Gasteiger partial charge in [-0.05, 0) is 25.0 Å². The van der Waals surface area contributed by atoms with E-state index in [9.17, 15) is 0 Å². The van der Waals surface area contributed by atoms with E-state index in [1.165, 1.54) is 5.56 Å². The van der Waals surface area contributed by atoms with E-state index >= 15 is 0 Å². The summed E-state index contributed by atoms with van der Waals surface area (Å²) < 4.78 is 0. The minimum atomic E-state index is 0.626. The number of para-hydroxylation sites is 1. The molecule has 0 aliphatic rings. The fraction of sp³-hybridized carbons (Fsp3) is 0.364. The smallest absolute Gasteiger partial charge is 0.113 e. The normalized spacial score (nSPS) is 10.7. The van der Waals surface area contributed by atoms with Crippen molar-refractivity contribution in [3.05, 3.63) is 29.8 Å². The van der Waals surface area contributed by atoms with Crippen LogP contribution in [0.5, 0.6) is 0 Å². The predicted molar refractivity (Wildman–Crippen MR) is 58.7 cm³/mol. The fourth-order valence-corrected chi connectivity index (χ4v) is 1.15. The first-order valence-electron chi connectivity index (χ1n) is 4.86. The van der Waals surface area contributed by atoms with Gasteiger partial charge in [-0.1, -0.05) is 25.1 Å². The lowest BCUT2D eigenvalue weighted by Gasteiger charge is -2.01. The molecular formula is C11H16N2O. The molecule has 0 atom stereocenters. The molecule has 0 unspecified atom stereocenters. The van der Waals surface area contributed by atoms with Gasteiger partial charge in [0.15, 0.2) is 0 Å². The number of nitrogens with one attached hydrogen (secondary N) is 1. The van der Waals surface area contributed by atoms with Crippen molar-refractivity contribution < 1.29 is 4.84 Å². The zero-order valence-corrected chi connectivity index (χ0v) is 8.66. The molecule has 0 amide bonds. The summed E-state index contributed by atoms with van der Waals surface area (Å²) in [5.74, 6) is 0. The molecule has 0 fully saturated rings. The Morgan fingerprint density at radius 2 is 2.14 bits per heavy atom. The summed E-state index contributed by atoms with van der Waals surface area (Å²) >= 11 is 0. The monoisotopic (exact) mass is 192 g/mol. The first-order valence-corrected chi connectivity index (χ1v) is 4.86. The maximum Gasteiger partial charge on any atom is 0.113 e. The second-order valence-electron chi connectivity index (χ2n) is 2.79. The van der Waals surface area contributed by atoms with E-state index < -0.39 is 0 Å². The van der Waals surface area contributed by atoms with Crippen LogP contribution in [0.1, 0.15) is 19.4 Å². The van der Waals surface area contributed by atoms with Crippen LogP contribution in [0.2, 0.25) is 0 Å². The van der Waals surface area contributed by atoms with E-state index in [-0.39, 0.29) is 0 Å². The molecule has 1 aromatic carbocycles. The highest BCUT2D eigenvalue weighted by Gasteiger charge is 1.94. The number of hydroxylamine groups is 1. The molecule has 0 saturated heterocycles. The van der Waals surface area contributed by atoms with Crippen molar-refractivity contribution in [2.24, 2.45) is 4.99 Å². The van der Waals surface area contributed by atoms with Crippen LogP contribution in [0.3, 0.4) is 0 Å². The maximum atomic E-state index is 4.93. The standard InChI is InChI=1S/C11H16N2O/c1-3-10-7-5-6-8-11(10)12-9-13-14-4-2/h5-9H,3-4H2,1-2H3,(H,12,13). The van der Waals surface area contributed by atoms with Crippen LogP contribution in [0.15, 0.2) is 29.3 Å². The zero-order chi connectivity index (χ0) is 10.2. The Morgan fingerprint density at radius 1 is 1.36 bits per heavy atom. The molecule has 3 nitrogen and oxygen atoms in total. The molecule has 14 heavy (non-hydrogen) atoms. The number of aliphatic imine (C=N–C) groups is 1. The molecule has 0 aromatic heterocycles. The Labute approximate surface area is 84.8 Å². The summed E-state index contributed by atoms with van der Waals surface area (Å²) in [6.45, 7) is 4.66. The minimum absolute atomic E-state index is 0.626. The molecular weight excluding hydrogens is 176 g/mol. The van der Waals surface area contributed by atoms with Gasteiger partial charge in [0.2, 0.25) is 0 Å². The molecule has 0 bridgehead atoms. The van der Waals surface area contributed by atoms with E-state index in [0.717, 1.165) is 12.1 Å². The molecule has 0 heterocycles. The average molecular weight is 192 g/mol. The van der Waals surface area contributed by atoms with E-state index in [1.807, 2.05) is 25.1 Å². The van der Waals surface area contributed by atoms with Crippen molar-refractivity contribution in [1.29, 1.82) is 0 Å². The van der Waals surface area contributed by atoms with Gasteiger partial charge < -0.3 is 0 Å². The van der Waals surface area contributed by atoms with Gasteiger partial charge in [0.1, 0.15) is 6.34 Å². The zero-order valence-electron chi connectivity index (χ0n) is 8.66. The van der Waals surface area contributed by atoms with Gasteiger partial charge in [0, 0.05) is 0 Å². The van der Waals surface area contributed by atoms with Gasteiger partial charge in [-0.3, -0.25) is 10.3 Å². The number of nitrogens with zero attached hydrogens (tertiary/aromatic N) is 1. The van der Waals surface area contributed by atoms with E-state index in [4.69, 9.17) is 4.84 Å². The van der Waals surface area contributed by atoms with Gasteiger partial charge in [-0.25, -0.2) is 4.99 Å². The molecule has 1 N–H and O–H groups in total. The van der Waals surface area contributed by atoms with Crippen LogP contribution >= 0.6 is 0 Å². The minimum Gasteiger partial charge on any atom is -0.276 e. The Balaban J connectivity index is 2.61. The molecule has 0 saturated carbocycles. The molecule has 1 aromatic rings. The molecule has 3 heteroatoms. The SMILES string of the molecule is CCONC=Nc1ccccc1CC. The van der Waals surface area contributed by atoms with Crippen molar-refractivity contribution in [1.82, 2.24) is 5.48 Å². The first kappa shape index (κ1) is 10.7. The Hall–Kier alpha value is -1.35. The number of hydrogen-bond acceptors (Lipinski definition) is 2. The van der Waals surface area contributed by atoms with Crippen LogP contribution in [0, 0.1) is 0 Å². The third-order valence-electron chi connectivity index (χ3n) is 1.86. The summed E-state index contributed by atoms with van der Waals surface area (Å²) in [5, 5.41) is 0. The Kier molecular flexibility index (Phi) is 4.72. The summed E-state index contributed by atoms with van der Waals surface area (Å²) in [6.07, 6.45) is 2.56. The third kappa shape index (κ3) is 3.18. The van der Waals surface area contributed by atoms with Crippen molar-refractivity contribution in [3.8, 4) is 0 Å². The largest absolute Gasteiger partial charge is 0.276 e. The number of aryl methyl sites for hydroxylation is 1. The van der Waals surface area contributed by atoms with Crippen molar-refractivity contribution in [2.45, 2.75) is 20.3 Å². The van der Waals surface area contributed by atoms with Gasteiger partial charge in [0.05, 0.1) is 12.3 Å². The van der Waals surface area contributed by atoms with Crippen molar-refractivity contribution in [3.63, 3.8) is 0 Å². The van der Waals surface area contributed by atoms with E-state index in [0.29, 0.717) is 6.61 Å². The van der Waals surface area contributed by atoms with Gasteiger partial charge >= 0.3 is 0 Å². The summed E-state index contributed by atoms with van der Waals surface area (Å²) in [4.78, 5) is 9.18.